The smallest absolute Gasteiger partial charge is 0.217 e. The molecule has 0 N–H and O–H groups in total. The van der Waals surface area contributed by atoms with E-state index < -0.39 is 9.84 Å². The number of piperidine rings is 1. The molecule has 5 nitrogen and oxygen atoms in total. The number of aromatic nitrogens is 1. The second-order valence-electron chi connectivity index (χ2n) is 8.75. The lowest BCUT2D eigenvalue weighted by Gasteiger charge is -2.36. The highest BCUT2D eigenvalue weighted by Crippen LogP contribution is 2.36. The fourth-order valence-electron chi connectivity index (χ4n) is 4.34. The third kappa shape index (κ3) is 5.31. The molecule has 7 heteroatoms. The molecule has 1 radical (unpaired) electrons. The summed E-state index contributed by atoms with van der Waals surface area (Å²) in [6.45, 7) is 9.11. The third-order valence-corrected chi connectivity index (χ3v) is 9.19. The van der Waals surface area contributed by atoms with Crippen LogP contribution in [-0.2, 0) is 16.4 Å². The molecule has 0 saturated carbocycles. The van der Waals surface area contributed by atoms with Gasteiger partial charge in [-0.2, -0.15) is 0 Å². The van der Waals surface area contributed by atoms with Gasteiger partial charge in [0.2, 0.25) is 9.84 Å². The van der Waals surface area contributed by atoms with Gasteiger partial charge >= 0.3 is 0 Å². The number of hydrogen-bond donors (Lipinski definition) is 0. The molecule has 1 atom stereocenters. The average molecular weight is 484 g/mol. The molecule has 2 heterocycles. The second kappa shape index (κ2) is 9.95. The van der Waals surface area contributed by atoms with E-state index in [0.717, 1.165) is 35.7 Å². The van der Waals surface area contributed by atoms with E-state index in [9.17, 15) is 8.42 Å². The van der Waals surface area contributed by atoms with Gasteiger partial charge in [0.05, 0.1) is 21.7 Å². The summed E-state index contributed by atoms with van der Waals surface area (Å²) in [5, 5.41) is 0.751. The Bertz CT molecular complexity index is 1200. The molecule has 175 valence electrons. The summed E-state index contributed by atoms with van der Waals surface area (Å²) >= 11 is 1.22. The molecule has 0 amide bonds. The molecule has 0 spiro atoms. The van der Waals surface area contributed by atoms with Gasteiger partial charge in [-0.05, 0) is 77.3 Å². The third-order valence-electron chi connectivity index (χ3n) is 5.76. The van der Waals surface area contributed by atoms with Crippen LogP contribution in [-0.4, -0.2) is 31.0 Å². The lowest BCUT2D eigenvalue weighted by Crippen LogP contribution is -2.33. The lowest BCUT2D eigenvalue weighted by atomic mass is 9.94. The molecule has 1 aliphatic heterocycles. The van der Waals surface area contributed by atoms with E-state index in [4.69, 9.17) is 4.74 Å². The number of hydrogen-bond acceptors (Lipinski definition) is 6. The van der Waals surface area contributed by atoms with Crippen LogP contribution in [0.15, 0.2) is 57.6 Å². The monoisotopic (exact) mass is 483 g/mol. The van der Waals surface area contributed by atoms with Crippen molar-refractivity contribution in [2.24, 2.45) is 0 Å². The molecule has 1 saturated heterocycles. The van der Waals surface area contributed by atoms with Crippen LogP contribution in [0.25, 0.3) is 0 Å². The maximum Gasteiger partial charge on any atom is 0.217 e. The Morgan fingerprint density at radius 3 is 2.58 bits per heavy atom. The van der Waals surface area contributed by atoms with Crippen LogP contribution in [0.5, 0.6) is 5.75 Å². The zero-order valence-electron chi connectivity index (χ0n) is 19.6. The number of thiazole rings is 1. The molecule has 1 aromatic heterocycles. The van der Waals surface area contributed by atoms with Gasteiger partial charge in [-0.3, -0.25) is 4.90 Å². The largest absolute Gasteiger partial charge is 0.491 e. The second-order valence-corrected chi connectivity index (χ2v) is 12.1. The molecule has 33 heavy (non-hydrogen) atoms. The normalized spacial score (nSPS) is 17.4. The molecule has 3 aromatic rings. The quantitative estimate of drug-likeness (QED) is 0.417. The minimum Gasteiger partial charge on any atom is -0.491 e. The van der Waals surface area contributed by atoms with Crippen LogP contribution in [0.4, 0.5) is 0 Å². The van der Waals surface area contributed by atoms with Gasteiger partial charge in [0.25, 0.3) is 0 Å². The first-order chi connectivity index (χ1) is 15.8. The number of rotatable bonds is 7. The minimum absolute atomic E-state index is 0.00423. The van der Waals surface area contributed by atoms with Crippen LogP contribution in [0, 0.1) is 20.3 Å². The van der Waals surface area contributed by atoms with Crippen LogP contribution in [0.3, 0.4) is 0 Å². The van der Waals surface area contributed by atoms with Crippen molar-refractivity contribution in [3.8, 4) is 5.75 Å². The van der Waals surface area contributed by atoms with E-state index in [1.165, 1.54) is 16.9 Å². The van der Waals surface area contributed by atoms with Crippen molar-refractivity contribution in [2.45, 2.75) is 68.3 Å². The number of benzene rings is 2. The summed E-state index contributed by atoms with van der Waals surface area (Å²) in [6.07, 6.45) is 4.51. The van der Waals surface area contributed by atoms with Gasteiger partial charge < -0.3 is 4.74 Å². The summed E-state index contributed by atoms with van der Waals surface area (Å²) in [5.74, 6) is 0.735. The van der Waals surface area contributed by atoms with Crippen molar-refractivity contribution >= 4 is 21.2 Å². The summed E-state index contributed by atoms with van der Waals surface area (Å²) < 4.78 is 33.3. The van der Waals surface area contributed by atoms with Gasteiger partial charge in [0, 0.05) is 18.2 Å². The minimum atomic E-state index is -3.65. The molecule has 0 aliphatic carbocycles. The number of likely N-dealkylation sites (tertiary alicyclic amines) is 1. The van der Waals surface area contributed by atoms with E-state index in [2.05, 4.69) is 40.6 Å². The van der Waals surface area contributed by atoms with E-state index in [0.29, 0.717) is 16.4 Å². The highest BCUT2D eigenvalue weighted by molar-refractivity contribution is 7.93. The summed E-state index contributed by atoms with van der Waals surface area (Å²) in [7, 11) is -3.65. The average Bonchev–Trinajstić information content (AvgIpc) is 3.14. The van der Waals surface area contributed by atoms with Crippen LogP contribution >= 0.6 is 11.3 Å². The molecule has 2 aromatic carbocycles. The maximum absolute atomic E-state index is 13.4. The molecular weight excluding hydrogens is 452 g/mol. The molecule has 0 unspecified atom stereocenters. The molecule has 0 bridgehead atoms. The Hall–Kier alpha value is -2.22. The Morgan fingerprint density at radius 2 is 1.91 bits per heavy atom. The molecular formula is C26H31N2O3S2. The Labute approximate surface area is 201 Å². The van der Waals surface area contributed by atoms with Crippen molar-refractivity contribution < 1.29 is 13.2 Å². The predicted molar refractivity (Wildman–Crippen MR) is 132 cm³/mol. The van der Waals surface area contributed by atoms with E-state index in [1.54, 1.807) is 25.1 Å². The van der Waals surface area contributed by atoms with E-state index in [1.807, 2.05) is 26.8 Å². The van der Waals surface area contributed by atoms with Crippen LogP contribution in [0.1, 0.15) is 54.6 Å². The molecule has 1 aliphatic rings. The van der Waals surface area contributed by atoms with Gasteiger partial charge in [-0.1, -0.05) is 30.3 Å². The van der Waals surface area contributed by atoms with Crippen LogP contribution < -0.4 is 4.74 Å². The van der Waals surface area contributed by atoms with Crippen LogP contribution in [0.2, 0.25) is 0 Å². The SMILES string of the molecule is Cc1nc(C)c(S(=O)(=O)c2ccc(OC(C)C)c(CN3CCC[CH][C@H]3c3ccccc3)c2)s1. The fourth-order valence-corrected chi connectivity index (χ4v) is 7.26. The van der Waals surface area contributed by atoms with Gasteiger partial charge in [-0.15, -0.1) is 11.3 Å². The van der Waals surface area contributed by atoms with E-state index >= 15 is 0 Å². The Morgan fingerprint density at radius 1 is 1.15 bits per heavy atom. The number of ether oxygens (including phenoxy) is 1. The Balaban J connectivity index is 1.72. The van der Waals surface area contributed by atoms with Crippen molar-refractivity contribution in [1.82, 2.24) is 9.88 Å². The van der Waals surface area contributed by atoms with Gasteiger partial charge in [0.1, 0.15) is 9.96 Å². The van der Waals surface area contributed by atoms with E-state index in [-0.39, 0.29) is 17.0 Å². The fraction of sp³-hybridized carbons (Fsp3) is 0.385. The topological polar surface area (TPSA) is 59.5 Å². The van der Waals surface area contributed by atoms with Gasteiger partial charge in [-0.25, -0.2) is 13.4 Å². The summed E-state index contributed by atoms with van der Waals surface area (Å²) in [5.41, 5.74) is 2.69. The highest BCUT2D eigenvalue weighted by Gasteiger charge is 2.28. The number of sulfone groups is 1. The van der Waals surface area contributed by atoms with Crippen molar-refractivity contribution in [1.29, 1.82) is 0 Å². The maximum atomic E-state index is 13.4. The first-order valence-corrected chi connectivity index (χ1v) is 13.7. The molecule has 4 rings (SSSR count). The summed E-state index contributed by atoms with van der Waals surface area (Å²) in [6, 6.07) is 15.9. The van der Waals surface area contributed by atoms with Crippen molar-refractivity contribution in [2.75, 3.05) is 6.54 Å². The number of aryl methyl sites for hydroxylation is 2. The Kier molecular flexibility index (Phi) is 7.22. The van der Waals surface area contributed by atoms with Gasteiger partial charge in [0.15, 0.2) is 0 Å². The lowest BCUT2D eigenvalue weighted by molar-refractivity contribution is 0.173. The highest BCUT2D eigenvalue weighted by atomic mass is 32.2. The first-order valence-electron chi connectivity index (χ1n) is 11.4. The zero-order valence-corrected chi connectivity index (χ0v) is 21.2. The standard InChI is InChI=1S/C26H31N2O3S2/c1-18(2)31-25-14-13-23(33(29,30)26-19(3)27-20(4)32-26)16-22(25)17-28-15-9-8-12-24(28)21-10-6-5-7-11-21/h5-7,10-14,16,18,24H,8-9,15,17H2,1-4H3/t24-/m0/s1. The zero-order chi connectivity index (χ0) is 23.6. The number of nitrogens with zero attached hydrogens (tertiary/aromatic N) is 2. The van der Waals surface area contributed by atoms with Crippen molar-refractivity contribution in [3.63, 3.8) is 0 Å². The first kappa shape index (κ1) is 23.9. The predicted octanol–water partition coefficient (Wildman–Crippen LogP) is 5.92. The summed E-state index contributed by atoms with van der Waals surface area (Å²) in [4.78, 5) is 7.01. The van der Waals surface area contributed by atoms with Crippen molar-refractivity contribution in [3.05, 3.63) is 76.8 Å². The molecule has 1 fully saturated rings.